The van der Waals surface area contributed by atoms with Gasteiger partial charge in [0.2, 0.25) is 0 Å². The Hall–Kier alpha value is -1.96. The van der Waals surface area contributed by atoms with Crippen LogP contribution < -0.4 is 0 Å². The molecule has 1 fully saturated rings. The number of piperidine rings is 1. The van der Waals surface area contributed by atoms with Gasteiger partial charge in [-0.1, -0.05) is 0 Å². The first-order valence-electron chi connectivity index (χ1n) is 7.10. The van der Waals surface area contributed by atoms with Crippen molar-refractivity contribution in [3.63, 3.8) is 0 Å². The number of H-pyrrole nitrogens is 1. The Labute approximate surface area is 125 Å². The molecule has 3 rings (SSSR count). The van der Waals surface area contributed by atoms with Gasteiger partial charge in [-0.3, -0.25) is 4.90 Å². The summed E-state index contributed by atoms with van der Waals surface area (Å²) in [6.45, 7) is 2.29. The maximum atomic E-state index is 12.6. The molecule has 8 heteroatoms. The average molecular weight is 311 g/mol. The number of nitrogens with zero attached hydrogens (tertiary/aromatic N) is 4. The van der Waals surface area contributed by atoms with Crippen molar-refractivity contribution in [3.05, 3.63) is 42.0 Å². The van der Waals surface area contributed by atoms with E-state index in [1.165, 1.54) is 6.33 Å². The average Bonchev–Trinajstić information content (AvgIpc) is 2.99. The fraction of sp³-hybridized carbons (Fsp3) is 0.500. The molecule has 2 aromatic rings. The van der Waals surface area contributed by atoms with Crippen molar-refractivity contribution in [1.82, 2.24) is 24.8 Å². The van der Waals surface area contributed by atoms with Gasteiger partial charge in [0.05, 0.1) is 6.20 Å². The van der Waals surface area contributed by atoms with Crippen LogP contribution in [-0.4, -0.2) is 37.9 Å². The third-order valence-electron chi connectivity index (χ3n) is 3.81. The van der Waals surface area contributed by atoms with E-state index in [-0.39, 0.29) is 5.92 Å². The van der Waals surface area contributed by atoms with Crippen molar-refractivity contribution in [2.75, 3.05) is 13.1 Å². The minimum atomic E-state index is -4.37. The molecule has 0 radical (unpaired) electrons. The number of hydrogen-bond donors (Lipinski definition) is 1. The highest BCUT2D eigenvalue weighted by Gasteiger charge is 2.34. The molecule has 0 bridgehead atoms. The molecular formula is C14H16F3N5. The number of likely N-dealkylation sites (tertiary alicyclic amines) is 1. The standard InChI is InChI=1S/C14H16F3N5/c15-14(16,17)12-6-20-13(21-12)11-2-1-3-22(8-11)7-10-4-18-9-19-5-10/h4-6,9,11H,1-3,7-8H2,(H,20,21). The second-order valence-electron chi connectivity index (χ2n) is 5.50. The SMILES string of the molecule is FC(F)(F)c1cnc(C2CCCN(Cc3cncnc3)C2)[nH]1. The summed E-state index contributed by atoms with van der Waals surface area (Å²) in [5.74, 6) is 0.413. The molecule has 1 atom stereocenters. The number of halogens is 3. The summed E-state index contributed by atoms with van der Waals surface area (Å²) in [4.78, 5) is 16.5. The van der Waals surface area contributed by atoms with Gasteiger partial charge in [0.1, 0.15) is 17.8 Å². The van der Waals surface area contributed by atoms with E-state index >= 15 is 0 Å². The Morgan fingerprint density at radius 1 is 1.23 bits per heavy atom. The zero-order valence-electron chi connectivity index (χ0n) is 11.8. The Morgan fingerprint density at radius 3 is 2.68 bits per heavy atom. The van der Waals surface area contributed by atoms with Crippen molar-refractivity contribution in [3.8, 4) is 0 Å². The van der Waals surface area contributed by atoms with Crippen LogP contribution in [0.3, 0.4) is 0 Å². The lowest BCUT2D eigenvalue weighted by Crippen LogP contribution is -2.34. The van der Waals surface area contributed by atoms with Crippen LogP contribution in [0.4, 0.5) is 13.2 Å². The second kappa shape index (κ2) is 6.04. The van der Waals surface area contributed by atoms with E-state index in [9.17, 15) is 13.2 Å². The molecule has 22 heavy (non-hydrogen) atoms. The molecule has 0 amide bonds. The molecule has 1 aliphatic heterocycles. The first-order chi connectivity index (χ1) is 10.5. The predicted octanol–water partition coefficient (Wildman–Crippen LogP) is 2.60. The van der Waals surface area contributed by atoms with Gasteiger partial charge >= 0.3 is 6.18 Å². The fourth-order valence-electron chi connectivity index (χ4n) is 2.78. The number of aromatic nitrogens is 4. The monoisotopic (exact) mass is 311 g/mol. The molecule has 0 aliphatic carbocycles. The lowest BCUT2D eigenvalue weighted by atomic mass is 9.97. The van der Waals surface area contributed by atoms with Gasteiger partial charge in [-0.25, -0.2) is 15.0 Å². The maximum Gasteiger partial charge on any atom is 0.432 e. The second-order valence-corrected chi connectivity index (χ2v) is 5.50. The molecule has 2 aromatic heterocycles. The van der Waals surface area contributed by atoms with Gasteiger partial charge in [0, 0.05) is 37.0 Å². The zero-order valence-corrected chi connectivity index (χ0v) is 11.8. The molecule has 0 saturated carbocycles. The van der Waals surface area contributed by atoms with Crippen molar-refractivity contribution in [2.45, 2.75) is 31.5 Å². The number of imidazole rings is 1. The molecule has 0 spiro atoms. The van der Waals surface area contributed by atoms with Crippen molar-refractivity contribution in [2.24, 2.45) is 0 Å². The van der Waals surface area contributed by atoms with Crippen LogP contribution in [0.5, 0.6) is 0 Å². The fourth-order valence-corrected chi connectivity index (χ4v) is 2.78. The molecule has 0 aromatic carbocycles. The van der Waals surface area contributed by atoms with Crippen molar-refractivity contribution >= 4 is 0 Å². The van der Waals surface area contributed by atoms with Crippen LogP contribution in [0.25, 0.3) is 0 Å². The summed E-state index contributed by atoms with van der Waals surface area (Å²) >= 11 is 0. The summed E-state index contributed by atoms with van der Waals surface area (Å²) in [5.41, 5.74) is 0.217. The third-order valence-corrected chi connectivity index (χ3v) is 3.81. The van der Waals surface area contributed by atoms with E-state index in [1.807, 2.05) is 0 Å². The number of hydrogen-bond acceptors (Lipinski definition) is 4. The lowest BCUT2D eigenvalue weighted by Gasteiger charge is -2.31. The summed E-state index contributed by atoms with van der Waals surface area (Å²) in [6, 6.07) is 0. The molecule has 1 N–H and O–H groups in total. The van der Waals surface area contributed by atoms with Crippen molar-refractivity contribution in [1.29, 1.82) is 0 Å². The van der Waals surface area contributed by atoms with E-state index in [4.69, 9.17) is 0 Å². The summed E-state index contributed by atoms with van der Waals surface area (Å²) in [5, 5.41) is 0. The van der Waals surface area contributed by atoms with Crippen LogP contribution in [-0.2, 0) is 12.7 Å². The van der Waals surface area contributed by atoms with E-state index in [2.05, 4.69) is 24.8 Å². The highest BCUT2D eigenvalue weighted by molar-refractivity contribution is 5.10. The first-order valence-corrected chi connectivity index (χ1v) is 7.10. The molecular weight excluding hydrogens is 295 g/mol. The Kier molecular flexibility index (Phi) is 4.10. The topological polar surface area (TPSA) is 57.7 Å². The quantitative estimate of drug-likeness (QED) is 0.946. The van der Waals surface area contributed by atoms with Crippen LogP contribution in [0.15, 0.2) is 24.9 Å². The first kappa shape index (κ1) is 15.0. The maximum absolute atomic E-state index is 12.6. The van der Waals surface area contributed by atoms with Crippen molar-refractivity contribution < 1.29 is 13.2 Å². The van der Waals surface area contributed by atoms with E-state index in [1.54, 1.807) is 12.4 Å². The van der Waals surface area contributed by atoms with Gasteiger partial charge in [-0.2, -0.15) is 13.2 Å². The van der Waals surface area contributed by atoms with Gasteiger partial charge in [-0.15, -0.1) is 0 Å². The van der Waals surface area contributed by atoms with E-state index in [0.29, 0.717) is 18.9 Å². The van der Waals surface area contributed by atoms with Gasteiger partial charge in [-0.05, 0) is 19.4 Å². The predicted molar refractivity (Wildman–Crippen MR) is 72.9 cm³/mol. The Morgan fingerprint density at radius 2 is 2.00 bits per heavy atom. The lowest BCUT2D eigenvalue weighted by molar-refractivity contribution is -0.141. The molecule has 3 heterocycles. The number of rotatable bonds is 3. The van der Waals surface area contributed by atoms with Crippen LogP contribution in [0.1, 0.15) is 35.8 Å². The normalized spacial score (nSPS) is 20.2. The van der Waals surface area contributed by atoms with Gasteiger partial charge in [0.25, 0.3) is 0 Å². The van der Waals surface area contributed by atoms with E-state index in [0.717, 1.165) is 31.1 Å². The Bertz CT molecular complexity index is 610. The zero-order chi connectivity index (χ0) is 15.6. The van der Waals surface area contributed by atoms with Crippen LogP contribution in [0.2, 0.25) is 0 Å². The number of nitrogens with one attached hydrogen (secondary N) is 1. The largest absolute Gasteiger partial charge is 0.432 e. The minimum Gasteiger partial charge on any atom is -0.338 e. The number of alkyl halides is 3. The molecule has 1 saturated heterocycles. The highest BCUT2D eigenvalue weighted by Crippen LogP contribution is 2.31. The molecule has 1 unspecified atom stereocenters. The van der Waals surface area contributed by atoms with Gasteiger partial charge in [0.15, 0.2) is 0 Å². The highest BCUT2D eigenvalue weighted by atomic mass is 19.4. The Balaban J connectivity index is 1.67. The number of aromatic amines is 1. The summed E-state index contributed by atoms with van der Waals surface area (Å²) in [6.07, 6.45) is 3.26. The minimum absolute atomic E-state index is 0.00511. The van der Waals surface area contributed by atoms with E-state index < -0.39 is 11.9 Å². The molecule has 5 nitrogen and oxygen atoms in total. The molecule has 118 valence electrons. The molecule has 1 aliphatic rings. The smallest absolute Gasteiger partial charge is 0.338 e. The summed E-state index contributed by atoms with van der Waals surface area (Å²) < 4.78 is 37.9. The van der Waals surface area contributed by atoms with Crippen LogP contribution >= 0.6 is 0 Å². The van der Waals surface area contributed by atoms with Gasteiger partial charge < -0.3 is 4.98 Å². The summed E-state index contributed by atoms with van der Waals surface area (Å²) in [7, 11) is 0. The van der Waals surface area contributed by atoms with Crippen LogP contribution in [0, 0.1) is 0 Å². The third kappa shape index (κ3) is 3.44.